The number of hydrogen-bond acceptors (Lipinski definition) is 3. The highest BCUT2D eigenvalue weighted by atomic mass is 16.5. The lowest BCUT2D eigenvalue weighted by Gasteiger charge is -2.19. The highest BCUT2D eigenvalue weighted by Crippen LogP contribution is 2.32. The van der Waals surface area contributed by atoms with Crippen molar-refractivity contribution in [2.24, 2.45) is 11.8 Å². The Morgan fingerprint density at radius 3 is 2.32 bits per heavy atom. The molecule has 1 atom stereocenters. The zero-order valence-electron chi connectivity index (χ0n) is 16.6. The van der Waals surface area contributed by atoms with Crippen LogP contribution in [-0.4, -0.2) is 24.3 Å². The van der Waals surface area contributed by atoms with Gasteiger partial charge in [-0.2, -0.15) is 0 Å². The summed E-state index contributed by atoms with van der Waals surface area (Å²) in [5.41, 5.74) is 0. The van der Waals surface area contributed by atoms with Gasteiger partial charge < -0.3 is 9.84 Å². The summed E-state index contributed by atoms with van der Waals surface area (Å²) in [6.45, 7) is 3.07. The van der Waals surface area contributed by atoms with Gasteiger partial charge in [0.25, 0.3) is 0 Å². The van der Waals surface area contributed by atoms with Crippen molar-refractivity contribution in [2.45, 2.75) is 110 Å². The summed E-state index contributed by atoms with van der Waals surface area (Å²) in [6.07, 6.45) is 18.9. The Morgan fingerprint density at radius 1 is 0.960 bits per heavy atom. The Balaban J connectivity index is 2.24. The molecule has 0 aromatic heterocycles. The average molecular weight is 355 g/mol. The Labute approximate surface area is 155 Å². The van der Waals surface area contributed by atoms with E-state index in [4.69, 9.17) is 9.84 Å². The predicted octanol–water partition coefficient (Wildman–Crippen LogP) is 6.03. The van der Waals surface area contributed by atoms with Crippen LogP contribution in [0.25, 0.3) is 0 Å². The molecule has 1 saturated carbocycles. The number of hydrogen-bond donors (Lipinski definition) is 1. The van der Waals surface area contributed by atoms with Gasteiger partial charge in [-0.25, -0.2) is 0 Å². The van der Waals surface area contributed by atoms with Crippen molar-refractivity contribution in [3.05, 3.63) is 0 Å². The second-order valence-corrected chi connectivity index (χ2v) is 7.94. The van der Waals surface area contributed by atoms with E-state index in [-0.39, 0.29) is 18.5 Å². The third-order valence-electron chi connectivity index (χ3n) is 5.63. The Morgan fingerprint density at radius 2 is 1.60 bits per heavy atom. The molecule has 0 heterocycles. The Hall–Kier alpha value is -0.570. The summed E-state index contributed by atoms with van der Waals surface area (Å²) in [4.78, 5) is 12.5. The van der Waals surface area contributed by atoms with Gasteiger partial charge in [0.05, 0.1) is 12.5 Å². The molecule has 1 fully saturated rings. The third kappa shape index (κ3) is 11.6. The summed E-state index contributed by atoms with van der Waals surface area (Å²) in [5.74, 6) is 0.941. The van der Waals surface area contributed by atoms with E-state index in [1.54, 1.807) is 0 Å². The van der Waals surface area contributed by atoms with Gasteiger partial charge in [0.15, 0.2) is 0 Å². The van der Waals surface area contributed by atoms with Gasteiger partial charge in [0.2, 0.25) is 0 Å². The number of rotatable bonds is 16. The molecule has 1 aliphatic rings. The van der Waals surface area contributed by atoms with Crippen LogP contribution in [-0.2, 0) is 9.53 Å². The summed E-state index contributed by atoms with van der Waals surface area (Å²) < 4.78 is 5.59. The van der Waals surface area contributed by atoms with E-state index in [1.165, 1.54) is 64.2 Å². The predicted molar refractivity (Wildman–Crippen MR) is 105 cm³/mol. The summed E-state index contributed by atoms with van der Waals surface area (Å²) >= 11 is 0. The maximum absolute atomic E-state index is 12.5. The first-order valence-electron chi connectivity index (χ1n) is 11.1. The zero-order chi connectivity index (χ0) is 18.2. The highest BCUT2D eigenvalue weighted by molar-refractivity contribution is 5.72. The monoisotopic (exact) mass is 354 g/mol. The van der Waals surface area contributed by atoms with E-state index in [0.717, 1.165) is 44.4 Å². The van der Waals surface area contributed by atoms with Gasteiger partial charge in [-0.1, -0.05) is 77.6 Å². The van der Waals surface area contributed by atoms with Crippen LogP contribution in [0.15, 0.2) is 0 Å². The van der Waals surface area contributed by atoms with Crippen molar-refractivity contribution in [1.29, 1.82) is 0 Å². The van der Waals surface area contributed by atoms with Crippen LogP contribution >= 0.6 is 0 Å². The van der Waals surface area contributed by atoms with Gasteiger partial charge >= 0.3 is 5.97 Å². The molecule has 0 amide bonds. The molecule has 0 aliphatic heterocycles. The number of aliphatic hydroxyl groups is 1. The van der Waals surface area contributed by atoms with E-state index in [9.17, 15) is 4.79 Å². The van der Waals surface area contributed by atoms with Crippen LogP contribution < -0.4 is 0 Å². The van der Waals surface area contributed by atoms with Gasteiger partial charge in [-0.15, -0.1) is 0 Å². The van der Waals surface area contributed by atoms with Crippen molar-refractivity contribution in [3.63, 3.8) is 0 Å². The maximum atomic E-state index is 12.5. The average Bonchev–Trinajstić information content (AvgIpc) is 3.13. The molecule has 1 unspecified atom stereocenters. The van der Waals surface area contributed by atoms with Gasteiger partial charge in [0.1, 0.15) is 0 Å². The SMILES string of the molecule is CCCCCCCCC(CC1CCCC1)C(=O)OCCCCCCO. The highest BCUT2D eigenvalue weighted by Gasteiger charge is 2.25. The third-order valence-corrected chi connectivity index (χ3v) is 5.63. The fraction of sp³-hybridized carbons (Fsp3) is 0.955. The molecule has 3 heteroatoms. The maximum Gasteiger partial charge on any atom is 0.308 e. The first-order valence-corrected chi connectivity index (χ1v) is 11.1. The van der Waals surface area contributed by atoms with Crippen LogP contribution in [0.5, 0.6) is 0 Å². The lowest BCUT2D eigenvalue weighted by molar-refractivity contribution is -0.149. The lowest BCUT2D eigenvalue weighted by Crippen LogP contribution is -2.21. The van der Waals surface area contributed by atoms with Gasteiger partial charge in [0, 0.05) is 6.61 Å². The molecular weight excluding hydrogens is 312 g/mol. The van der Waals surface area contributed by atoms with Crippen molar-refractivity contribution in [1.82, 2.24) is 0 Å². The fourth-order valence-corrected chi connectivity index (χ4v) is 4.01. The molecule has 25 heavy (non-hydrogen) atoms. The molecule has 0 spiro atoms. The van der Waals surface area contributed by atoms with Crippen molar-refractivity contribution < 1.29 is 14.6 Å². The van der Waals surface area contributed by atoms with Crippen LogP contribution in [0, 0.1) is 11.8 Å². The first kappa shape index (κ1) is 22.5. The van der Waals surface area contributed by atoms with E-state index in [1.807, 2.05) is 0 Å². The van der Waals surface area contributed by atoms with Crippen LogP contribution in [0.4, 0.5) is 0 Å². The number of unbranched alkanes of at least 4 members (excludes halogenated alkanes) is 8. The van der Waals surface area contributed by atoms with Crippen LogP contribution in [0.3, 0.4) is 0 Å². The van der Waals surface area contributed by atoms with Crippen molar-refractivity contribution >= 4 is 5.97 Å². The summed E-state index contributed by atoms with van der Waals surface area (Å²) in [6, 6.07) is 0. The molecule has 1 rings (SSSR count). The largest absolute Gasteiger partial charge is 0.465 e. The van der Waals surface area contributed by atoms with E-state index in [0.29, 0.717) is 6.61 Å². The summed E-state index contributed by atoms with van der Waals surface area (Å²) in [7, 11) is 0. The van der Waals surface area contributed by atoms with E-state index in [2.05, 4.69) is 6.92 Å². The number of carbonyl (C=O) groups excluding carboxylic acids is 1. The second-order valence-electron chi connectivity index (χ2n) is 7.94. The Kier molecular flexibility index (Phi) is 14.1. The number of esters is 1. The summed E-state index contributed by atoms with van der Waals surface area (Å²) in [5, 5.41) is 8.78. The molecule has 0 saturated heterocycles. The minimum absolute atomic E-state index is 0.0580. The molecule has 3 nitrogen and oxygen atoms in total. The smallest absolute Gasteiger partial charge is 0.308 e. The normalized spacial score (nSPS) is 16.2. The quantitative estimate of drug-likeness (QED) is 0.272. The van der Waals surface area contributed by atoms with Crippen molar-refractivity contribution in [2.75, 3.05) is 13.2 Å². The standard InChI is InChI=1S/C22H42O3/c1-2-3-4-5-6-9-16-21(19-20-14-10-11-15-20)22(24)25-18-13-8-7-12-17-23/h20-21,23H,2-19H2,1H3. The van der Waals surface area contributed by atoms with Gasteiger partial charge in [-0.05, 0) is 38.0 Å². The molecule has 148 valence electrons. The number of carbonyl (C=O) groups is 1. The second kappa shape index (κ2) is 15.7. The number of aliphatic hydroxyl groups excluding tert-OH is 1. The van der Waals surface area contributed by atoms with Crippen molar-refractivity contribution in [3.8, 4) is 0 Å². The molecule has 0 aromatic rings. The van der Waals surface area contributed by atoms with E-state index >= 15 is 0 Å². The molecule has 1 N–H and O–H groups in total. The molecule has 0 bridgehead atoms. The zero-order valence-corrected chi connectivity index (χ0v) is 16.6. The molecule has 0 aromatic carbocycles. The molecule has 0 radical (unpaired) electrons. The van der Waals surface area contributed by atoms with Crippen LogP contribution in [0.1, 0.15) is 110 Å². The van der Waals surface area contributed by atoms with Gasteiger partial charge in [-0.3, -0.25) is 4.79 Å². The van der Waals surface area contributed by atoms with Crippen LogP contribution in [0.2, 0.25) is 0 Å². The molecular formula is C22H42O3. The first-order chi connectivity index (χ1) is 12.3. The lowest BCUT2D eigenvalue weighted by atomic mass is 9.89. The van der Waals surface area contributed by atoms with E-state index < -0.39 is 0 Å². The minimum Gasteiger partial charge on any atom is -0.465 e. The number of ether oxygens (including phenoxy) is 1. The minimum atomic E-state index is 0.0580. The Bertz CT molecular complexity index is 310. The topological polar surface area (TPSA) is 46.5 Å². The molecule has 1 aliphatic carbocycles. The fourth-order valence-electron chi connectivity index (χ4n) is 4.01.